The summed E-state index contributed by atoms with van der Waals surface area (Å²) in [6.45, 7) is 7.02. The van der Waals surface area contributed by atoms with Crippen molar-refractivity contribution in [3.63, 3.8) is 0 Å². The molecule has 0 spiro atoms. The first kappa shape index (κ1) is 12.6. The molecule has 0 atom stereocenters. The molecular weight excluding hydrogens is 232 g/mol. The van der Waals surface area contributed by atoms with Gasteiger partial charge in [0.25, 0.3) is 0 Å². The van der Waals surface area contributed by atoms with Gasteiger partial charge in [-0.2, -0.15) is 4.98 Å². The van der Waals surface area contributed by atoms with Gasteiger partial charge in [-0.3, -0.25) is 4.40 Å². The maximum atomic E-state index is 9.38. The van der Waals surface area contributed by atoms with Gasteiger partial charge in [0.1, 0.15) is 0 Å². The molecule has 0 radical (unpaired) electrons. The second kappa shape index (κ2) is 5.68. The van der Waals surface area contributed by atoms with Crippen LogP contribution in [0.25, 0.3) is 5.65 Å². The summed E-state index contributed by atoms with van der Waals surface area (Å²) in [5.41, 5.74) is 0.682. The lowest BCUT2D eigenvalue weighted by Crippen LogP contribution is -2.37. The van der Waals surface area contributed by atoms with E-state index in [0.717, 1.165) is 18.9 Å². The number of rotatable bonds is 1. The van der Waals surface area contributed by atoms with E-state index in [4.69, 9.17) is 4.74 Å². The van der Waals surface area contributed by atoms with Gasteiger partial charge >= 0.3 is 0 Å². The van der Waals surface area contributed by atoms with Crippen molar-refractivity contribution in [1.82, 2.24) is 14.4 Å². The molecule has 98 valence electrons. The zero-order valence-electron chi connectivity index (χ0n) is 10.7. The van der Waals surface area contributed by atoms with Gasteiger partial charge in [-0.05, 0) is 0 Å². The minimum atomic E-state index is 0.0162. The highest BCUT2D eigenvalue weighted by Gasteiger charge is 2.16. The van der Waals surface area contributed by atoms with Gasteiger partial charge < -0.3 is 14.7 Å². The Hall–Kier alpha value is -1.82. The molecule has 3 rings (SSSR count). The summed E-state index contributed by atoms with van der Waals surface area (Å²) < 4.78 is 7.06. The number of aromatic hydroxyl groups is 1. The molecule has 0 saturated carbocycles. The van der Waals surface area contributed by atoms with E-state index in [0.29, 0.717) is 18.9 Å². The number of hydrogen-bond donors (Lipinski definition) is 1. The first-order chi connectivity index (χ1) is 8.84. The number of fused-ring (bicyclic) bond motifs is 1. The molecule has 18 heavy (non-hydrogen) atoms. The number of morpholine rings is 1. The summed E-state index contributed by atoms with van der Waals surface area (Å²) in [6, 6.07) is 0. The van der Waals surface area contributed by atoms with E-state index in [2.05, 4.69) is 14.9 Å². The van der Waals surface area contributed by atoms with E-state index >= 15 is 0 Å². The fourth-order valence-corrected chi connectivity index (χ4v) is 1.89. The Labute approximate surface area is 106 Å². The van der Waals surface area contributed by atoms with Gasteiger partial charge in [0.15, 0.2) is 11.5 Å². The maximum Gasteiger partial charge on any atom is 0.230 e. The van der Waals surface area contributed by atoms with Crippen molar-refractivity contribution in [1.29, 1.82) is 0 Å². The van der Waals surface area contributed by atoms with Crippen molar-refractivity contribution < 1.29 is 9.84 Å². The summed E-state index contributed by atoms with van der Waals surface area (Å²) in [4.78, 5) is 10.5. The summed E-state index contributed by atoms with van der Waals surface area (Å²) in [5.74, 6) is 0.814. The van der Waals surface area contributed by atoms with Crippen LogP contribution in [0.15, 0.2) is 18.6 Å². The minimum Gasteiger partial charge on any atom is -0.492 e. The Morgan fingerprint density at radius 1 is 1.28 bits per heavy atom. The first-order valence-electron chi connectivity index (χ1n) is 6.20. The second-order valence-corrected chi connectivity index (χ2v) is 3.68. The topological polar surface area (TPSA) is 62.9 Å². The molecule has 0 aliphatic carbocycles. The molecule has 1 fully saturated rings. The number of hydrogen-bond acceptors (Lipinski definition) is 5. The molecule has 6 heteroatoms. The van der Waals surface area contributed by atoms with E-state index in [1.165, 1.54) is 0 Å². The molecule has 0 amide bonds. The van der Waals surface area contributed by atoms with Crippen molar-refractivity contribution in [2.75, 3.05) is 31.2 Å². The molecular formula is C12H18N4O2. The highest BCUT2D eigenvalue weighted by atomic mass is 16.5. The normalized spacial score (nSPS) is 15.3. The van der Waals surface area contributed by atoms with Gasteiger partial charge in [0, 0.05) is 25.5 Å². The predicted molar refractivity (Wildman–Crippen MR) is 69.0 cm³/mol. The number of nitrogens with zero attached hydrogens (tertiary/aromatic N) is 4. The largest absolute Gasteiger partial charge is 0.492 e. The van der Waals surface area contributed by atoms with Crippen LogP contribution in [0.4, 0.5) is 5.82 Å². The molecule has 1 aliphatic heterocycles. The Balaban J connectivity index is 0.000000574. The van der Waals surface area contributed by atoms with Crippen molar-refractivity contribution in [2.45, 2.75) is 13.8 Å². The van der Waals surface area contributed by atoms with Crippen LogP contribution in [0.5, 0.6) is 5.88 Å². The van der Waals surface area contributed by atoms with Gasteiger partial charge in [-0.25, -0.2) is 4.98 Å². The second-order valence-electron chi connectivity index (χ2n) is 3.68. The molecule has 0 unspecified atom stereocenters. The molecule has 1 saturated heterocycles. The van der Waals surface area contributed by atoms with Gasteiger partial charge in [0.2, 0.25) is 5.88 Å². The summed E-state index contributed by atoms with van der Waals surface area (Å²) >= 11 is 0. The fourth-order valence-electron chi connectivity index (χ4n) is 1.89. The van der Waals surface area contributed by atoms with E-state index in [-0.39, 0.29) is 5.88 Å². The highest BCUT2D eigenvalue weighted by Crippen LogP contribution is 2.20. The van der Waals surface area contributed by atoms with Crippen LogP contribution in [0.3, 0.4) is 0 Å². The fraction of sp³-hybridized carbons (Fsp3) is 0.500. The smallest absolute Gasteiger partial charge is 0.230 e. The molecule has 1 aliphatic rings. The van der Waals surface area contributed by atoms with E-state index < -0.39 is 0 Å². The summed E-state index contributed by atoms with van der Waals surface area (Å²) in [6.07, 6.45) is 5.05. The molecule has 2 aromatic rings. The van der Waals surface area contributed by atoms with E-state index in [1.807, 2.05) is 13.8 Å². The Morgan fingerprint density at radius 2 is 2.00 bits per heavy atom. The average Bonchev–Trinajstić information content (AvgIpc) is 2.82. The number of aromatic nitrogens is 3. The Morgan fingerprint density at radius 3 is 2.72 bits per heavy atom. The first-order valence-corrected chi connectivity index (χ1v) is 6.20. The lowest BCUT2D eigenvalue weighted by Gasteiger charge is -2.27. The molecule has 0 bridgehead atoms. The number of ether oxygens (including phenoxy) is 1. The standard InChI is InChI=1S/C10H12N4O2.C2H6/c15-8-7-14-2-1-11-9(10(14)12-8)13-3-5-16-6-4-13;1-2/h1-2,7,15H,3-6H2;1-2H3. The van der Waals surface area contributed by atoms with E-state index in [1.54, 1.807) is 23.0 Å². The van der Waals surface area contributed by atoms with Crippen LogP contribution in [-0.4, -0.2) is 45.8 Å². The lowest BCUT2D eigenvalue weighted by atomic mass is 10.4. The highest BCUT2D eigenvalue weighted by molar-refractivity contribution is 5.65. The molecule has 3 heterocycles. The summed E-state index contributed by atoms with van der Waals surface area (Å²) in [5, 5.41) is 9.38. The third-order valence-electron chi connectivity index (χ3n) is 2.65. The zero-order valence-corrected chi connectivity index (χ0v) is 10.7. The summed E-state index contributed by atoms with van der Waals surface area (Å²) in [7, 11) is 0. The van der Waals surface area contributed by atoms with Crippen LogP contribution in [0.2, 0.25) is 0 Å². The average molecular weight is 250 g/mol. The Bertz CT molecular complexity index is 506. The van der Waals surface area contributed by atoms with Crippen LogP contribution in [0.1, 0.15) is 13.8 Å². The van der Waals surface area contributed by atoms with Gasteiger partial charge in [-0.1, -0.05) is 13.8 Å². The predicted octanol–water partition coefficient (Wildman–Crippen LogP) is 1.30. The van der Waals surface area contributed by atoms with Crippen molar-refractivity contribution in [3.05, 3.63) is 18.6 Å². The number of imidazole rings is 1. The molecule has 1 N–H and O–H groups in total. The zero-order chi connectivity index (χ0) is 13.0. The van der Waals surface area contributed by atoms with Crippen molar-refractivity contribution >= 4 is 11.5 Å². The van der Waals surface area contributed by atoms with Crippen LogP contribution in [-0.2, 0) is 4.74 Å². The Kier molecular flexibility index (Phi) is 3.99. The molecule has 0 aromatic carbocycles. The lowest BCUT2D eigenvalue weighted by molar-refractivity contribution is 0.122. The third-order valence-corrected chi connectivity index (χ3v) is 2.65. The number of anilines is 1. The molecule has 6 nitrogen and oxygen atoms in total. The maximum absolute atomic E-state index is 9.38. The SMILES string of the molecule is CC.Oc1cn2ccnc(N3CCOCC3)c2n1. The molecule has 2 aromatic heterocycles. The van der Waals surface area contributed by atoms with Crippen LogP contribution < -0.4 is 4.90 Å². The van der Waals surface area contributed by atoms with Crippen LogP contribution in [0, 0.1) is 0 Å². The third kappa shape index (κ3) is 2.38. The van der Waals surface area contributed by atoms with Gasteiger partial charge in [-0.15, -0.1) is 0 Å². The van der Waals surface area contributed by atoms with Crippen molar-refractivity contribution in [3.8, 4) is 5.88 Å². The van der Waals surface area contributed by atoms with Crippen LogP contribution >= 0.6 is 0 Å². The van der Waals surface area contributed by atoms with Crippen molar-refractivity contribution in [2.24, 2.45) is 0 Å². The van der Waals surface area contributed by atoms with Gasteiger partial charge in [0.05, 0.1) is 19.4 Å². The quantitative estimate of drug-likeness (QED) is 0.826. The monoisotopic (exact) mass is 250 g/mol. The van der Waals surface area contributed by atoms with E-state index in [9.17, 15) is 5.11 Å². The minimum absolute atomic E-state index is 0.0162.